The molecule has 11 heteroatoms. The average Bonchev–Trinajstić information content (AvgIpc) is 3.48. The van der Waals surface area contributed by atoms with Gasteiger partial charge in [0.25, 0.3) is 5.56 Å². The van der Waals surface area contributed by atoms with E-state index in [-0.39, 0.29) is 25.0 Å². The fourth-order valence-corrected chi connectivity index (χ4v) is 4.57. The van der Waals surface area contributed by atoms with Crippen molar-refractivity contribution in [1.29, 1.82) is 0 Å². The molecule has 0 aliphatic carbocycles. The fourth-order valence-electron chi connectivity index (χ4n) is 4.57. The summed E-state index contributed by atoms with van der Waals surface area (Å²) in [6.45, 7) is 6.26. The highest BCUT2D eigenvalue weighted by atomic mass is 16.7. The normalized spacial score (nSPS) is 15.7. The molecular weight excluding hydrogens is 474 g/mol. The molecule has 0 spiro atoms. The van der Waals surface area contributed by atoms with Gasteiger partial charge in [-0.05, 0) is 38.1 Å². The number of anilines is 2. The maximum absolute atomic E-state index is 13.2. The lowest BCUT2D eigenvalue weighted by molar-refractivity contribution is 0.110. The standard InChI is InChI=1S/C26H27N7O4/c1-3-11-32-25(34)19-15-27-26(28-17-7-8-20-21(14-17)36-16-35-20)30-24(19)33(32)22-5-4-6-23(29-22)37-18-9-12-31(2)13-10-18/h3-8,14-15,18H,1,9-13,16H2,2H3,(H,27,28,30). The first-order valence-electron chi connectivity index (χ1n) is 12.2. The summed E-state index contributed by atoms with van der Waals surface area (Å²) >= 11 is 0. The Morgan fingerprint density at radius 3 is 2.84 bits per heavy atom. The topological polar surface area (TPSA) is 109 Å². The molecule has 0 unspecified atom stereocenters. The maximum atomic E-state index is 13.2. The van der Waals surface area contributed by atoms with E-state index in [9.17, 15) is 4.79 Å². The van der Waals surface area contributed by atoms with Crippen LogP contribution in [0.5, 0.6) is 17.4 Å². The van der Waals surface area contributed by atoms with Crippen LogP contribution in [0.4, 0.5) is 11.6 Å². The molecule has 2 aliphatic rings. The average molecular weight is 502 g/mol. The van der Waals surface area contributed by atoms with E-state index in [1.807, 2.05) is 36.4 Å². The zero-order valence-electron chi connectivity index (χ0n) is 20.5. The summed E-state index contributed by atoms with van der Waals surface area (Å²) in [6, 6.07) is 11.0. The molecule has 5 heterocycles. The fraction of sp³-hybridized carbons (Fsp3) is 0.308. The third-order valence-electron chi connectivity index (χ3n) is 6.49. The molecule has 11 nitrogen and oxygen atoms in total. The summed E-state index contributed by atoms with van der Waals surface area (Å²) in [5.41, 5.74) is 0.927. The van der Waals surface area contributed by atoms with Crippen LogP contribution < -0.4 is 25.1 Å². The van der Waals surface area contributed by atoms with E-state index in [0.29, 0.717) is 40.2 Å². The van der Waals surface area contributed by atoms with Gasteiger partial charge in [0.1, 0.15) is 11.5 Å². The van der Waals surface area contributed by atoms with Crippen LogP contribution in [0.1, 0.15) is 12.8 Å². The molecule has 190 valence electrons. The highest BCUT2D eigenvalue weighted by molar-refractivity contribution is 5.77. The van der Waals surface area contributed by atoms with Gasteiger partial charge in [0.05, 0.1) is 6.54 Å². The van der Waals surface area contributed by atoms with Gasteiger partial charge in [-0.1, -0.05) is 12.1 Å². The van der Waals surface area contributed by atoms with E-state index < -0.39 is 0 Å². The molecule has 3 aromatic heterocycles. The van der Waals surface area contributed by atoms with Gasteiger partial charge in [0.15, 0.2) is 23.0 Å². The summed E-state index contributed by atoms with van der Waals surface area (Å²) in [7, 11) is 2.11. The third kappa shape index (κ3) is 4.49. The number of piperidine rings is 1. The highest BCUT2D eigenvalue weighted by Gasteiger charge is 2.21. The first kappa shape index (κ1) is 23.0. The Labute approximate surface area is 212 Å². The van der Waals surface area contributed by atoms with E-state index in [1.165, 1.54) is 6.20 Å². The molecule has 0 radical (unpaired) electrons. The van der Waals surface area contributed by atoms with Crippen LogP contribution in [-0.2, 0) is 6.54 Å². The summed E-state index contributed by atoms with van der Waals surface area (Å²) < 4.78 is 20.3. The highest BCUT2D eigenvalue weighted by Crippen LogP contribution is 2.35. The van der Waals surface area contributed by atoms with Gasteiger partial charge in [-0.25, -0.2) is 14.3 Å². The van der Waals surface area contributed by atoms with Gasteiger partial charge in [-0.15, -0.1) is 6.58 Å². The molecule has 1 saturated heterocycles. The number of allylic oxidation sites excluding steroid dienone is 1. The summed E-state index contributed by atoms with van der Waals surface area (Å²) in [5, 5.41) is 3.56. The lowest BCUT2D eigenvalue weighted by Crippen LogP contribution is -2.35. The Morgan fingerprint density at radius 2 is 2.00 bits per heavy atom. The Morgan fingerprint density at radius 1 is 1.16 bits per heavy atom. The van der Waals surface area contributed by atoms with Gasteiger partial charge in [-0.2, -0.15) is 9.97 Å². The van der Waals surface area contributed by atoms with Crippen molar-refractivity contribution in [3.05, 3.63) is 65.6 Å². The third-order valence-corrected chi connectivity index (χ3v) is 6.49. The zero-order valence-corrected chi connectivity index (χ0v) is 20.5. The number of benzene rings is 1. The molecule has 0 amide bonds. The second-order valence-electron chi connectivity index (χ2n) is 9.07. The zero-order chi connectivity index (χ0) is 25.4. The lowest BCUT2D eigenvalue weighted by atomic mass is 10.1. The van der Waals surface area contributed by atoms with E-state index in [4.69, 9.17) is 19.2 Å². The molecule has 1 N–H and O–H groups in total. The van der Waals surface area contributed by atoms with Gasteiger partial charge in [-0.3, -0.25) is 4.79 Å². The maximum Gasteiger partial charge on any atom is 0.278 e. The van der Waals surface area contributed by atoms with Gasteiger partial charge in [0.2, 0.25) is 18.6 Å². The number of ether oxygens (including phenoxy) is 3. The molecule has 6 rings (SSSR count). The Kier molecular flexibility index (Phi) is 5.97. The number of likely N-dealkylation sites (tertiary alicyclic amines) is 1. The predicted molar refractivity (Wildman–Crippen MR) is 138 cm³/mol. The molecule has 4 aromatic rings. The van der Waals surface area contributed by atoms with Crippen LogP contribution in [0.3, 0.4) is 0 Å². The molecule has 0 bridgehead atoms. The van der Waals surface area contributed by atoms with Crippen LogP contribution in [0, 0.1) is 0 Å². The van der Waals surface area contributed by atoms with Crippen molar-refractivity contribution < 1.29 is 14.2 Å². The molecule has 0 atom stereocenters. The van der Waals surface area contributed by atoms with Crippen molar-refractivity contribution in [2.75, 3.05) is 32.2 Å². The van der Waals surface area contributed by atoms with E-state index in [1.54, 1.807) is 15.4 Å². The van der Waals surface area contributed by atoms with Gasteiger partial charge < -0.3 is 24.4 Å². The Bertz CT molecular complexity index is 1520. The van der Waals surface area contributed by atoms with E-state index in [2.05, 4.69) is 33.8 Å². The first-order chi connectivity index (χ1) is 18.1. The number of hydrogen-bond donors (Lipinski definition) is 1. The largest absolute Gasteiger partial charge is 0.474 e. The van der Waals surface area contributed by atoms with Crippen LogP contribution in [-0.4, -0.2) is 62.2 Å². The number of nitrogens with zero attached hydrogens (tertiary/aromatic N) is 6. The Hall–Kier alpha value is -4.38. The van der Waals surface area contributed by atoms with Crippen LogP contribution >= 0.6 is 0 Å². The molecule has 1 fully saturated rings. The Balaban J connectivity index is 1.37. The van der Waals surface area contributed by atoms with Crippen molar-refractivity contribution in [1.82, 2.24) is 29.2 Å². The van der Waals surface area contributed by atoms with Crippen molar-refractivity contribution in [2.24, 2.45) is 0 Å². The van der Waals surface area contributed by atoms with Crippen molar-refractivity contribution >= 4 is 22.7 Å². The van der Waals surface area contributed by atoms with Gasteiger partial charge >= 0.3 is 0 Å². The minimum atomic E-state index is -0.229. The molecule has 1 aromatic carbocycles. The number of rotatable bonds is 7. The second kappa shape index (κ2) is 9.58. The lowest BCUT2D eigenvalue weighted by Gasteiger charge is -2.29. The minimum Gasteiger partial charge on any atom is -0.474 e. The number of hydrogen-bond acceptors (Lipinski definition) is 9. The van der Waals surface area contributed by atoms with Crippen molar-refractivity contribution in [3.63, 3.8) is 0 Å². The second-order valence-corrected chi connectivity index (χ2v) is 9.07. The van der Waals surface area contributed by atoms with E-state index >= 15 is 0 Å². The van der Waals surface area contributed by atoms with Gasteiger partial charge in [0, 0.05) is 37.1 Å². The summed E-state index contributed by atoms with van der Waals surface area (Å²) in [4.78, 5) is 29.3. The smallest absolute Gasteiger partial charge is 0.278 e. The molecule has 0 saturated carbocycles. The monoisotopic (exact) mass is 501 g/mol. The van der Waals surface area contributed by atoms with Crippen LogP contribution in [0.15, 0.2) is 60.0 Å². The predicted octanol–water partition coefficient (Wildman–Crippen LogP) is 3.11. The first-order valence-corrected chi connectivity index (χ1v) is 12.2. The number of fused-ring (bicyclic) bond motifs is 2. The molecule has 37 heavy (non-hydrogen) atoms. The summed E-state index contributed by atoms with van der Waals surface area (Å²) in [5.74, 6) is 2.69. The minimum absolute atomic E-state index is 0.107. The molecule has 2 aliphatic heterocycles. The summed E-state index contributed by atoms with van der Waals surface area (Å²) in [6.07, 6.45) is 5.18. The number of pyridine rings is 1. The van der Waals surface area contributed by atoms with Crippen molar-refractivity contribution in [2.45, 2.75) is 25.5 Å². The van der Waals surface area contributed by atoms with Crippen LogP contribution in [0.25, 0.3) is 16.9 Å². The molecular formula is C26H27N7O4. The number of nitrogens with one attached hydrogen (secondary N) is 1. The quantitative estimate of drug-likeness (QED) is 0.382. The number of aromatic nitrogens is 5. The van der Waals surface area contributed by atoms with E-state index in [0.717, 1.165) is 31.6 Å². The SMILES string of the molecule is C=CCn1c(=O)c2cnc(Nc3ccc4c(c3)OCO4)nc2n1-c1cccc(OC2CCN(C)CC2)n1. The van der Waals surface area contributed by atoms with Crippen molar-refractivity contribution in [3.8, 4) is 23.2 Å². The van der Waals surface area contributed by atoms with Crippen LogP contribution in [0.2, 0.25) is 0 Å².